The van der Waals surface area contributed by atoms with Crippen LogP contribution >= 0.6 is 11.8 Å². The number of carbonyl (C=O) groups excluding carboxylic acids is 1. The lowest BCUT2D eigenvalue weighted by Gasteiger charge is -2.09. The van der Waals surface area contributed by atoms with Gasteiger partial charge in [0, 0.05) is 40.9 Å². The Morgan fingerprint density at radius 1 is 0.875 bits per heavy atom. The molecule has 3 N–H and O–H groups in total. The summed E-state index contributed by atoms with van der Waals surface area (Å²) in [6.07, 6.45) is 1.73. The summed E-state index contributed by atoms with van der Waals surface area (Å²) in [5.74, 6) is 0.319. The van der Waals surface area contributed by atoms with Gasteiger partial charge in [0.2, 0.25) is 11.9 Å². The van der Waals surface area contributed by atoms with Gasteiger partial charge in [0.25, 0.3) is 10.0 Å². The van der Waals surface area contributed by atoms with Gasteiger partial charge in [0.1, 0.15) is 0 Å². The molecule has 0 bridgehead atoms. The number of amides is 1. The predicted molar refractivity (Wildman–Crippen MR) is 157 cm³/mol. The highest BCUT2D eigenvalue weighted by Crippen LogP contribution is 2.32. The summed E-state index contributed by atoms with van der Waals surface area (Å²) in [5.41, 5.74) is 4.97. The highest BCUT2D eigenvalue weighted by molar-refractivity contribution is 7.99. The topological polar surface area (TPSA) is 130 Å². The molecule has 40 heavy (non-hydrogen) atoms. The number of anilines is 2. The lowest BCUT2D eigenvalue weighted by atomic mass is 10.1. The molecule has 11 heteroatoms. The van der Waals surface area contributed by atoms with Gasteiger partial charge in [-0.15, -0.1) is 0 Å². The quantitative estimate of drug-likeness (QED) is 0.182. The Morgan fingerprint density at radius 3 is 2.23 bits per heavy atom. The molecule has 5 aromatic rings. The van der Waals surface area contributed by atoms with E-state index in [-0.39, 0.29) is 23.2 Å². The van der Waals surface area contributed by atoms with Gasteiger partial charge in [-0.2, -0.15) is 0 Å². The maximum absolute atomic E-state index is 12.6. The Bertz CT molecular complexity index is 1650. The van der Waals surface area contributed by atoms with E-state index in [0.29, 0.717) is 17.1 Å². The van der Waals surface area contributed by atoms with E-state index in [2.05, 4.69) is 25.0 Å². The van der Waals surface area contributed by atoms with Gasteiger partial charge in [-0.3, -0.25) is 4.79 Å². The molecular weight excluding hydrogens is 544 g/mol. The fourth-order valence-electron chi connectivity index (χ4n) is 3.90. The molecule has 0 aliphatic carbocycles. The number of H-pyrrole nitrogens is 1. The smallest absolute Gasteiger partial charge is 0.264 e. The third kappa shape index (κ3) is 6.74. The van der Waals surface area contributed by atoms with Crippen LogP contribution in [-0.2, 0) is 14.8 Å². The molecule has 0 saturated heterocycles. The average molecular weight is 571 g/mol. The summed E-state index contributed by atoms with van der Waals surface area (Å²) in [6, 6.07) is 27.6. The Morgan fingerprint density at radius 2 is 1.55 bits per heavy atom. The van der Waals surface area contributed by atoms with Crippen molar-refractivity contribution in [2.24, 2.45) is 0 Å². The Hall–Kier alpha value is -4.48. The van der Waals surface area contributed by atoms with Crippen LogP contribution in [0.2, 0.25) is 0 Å². The molecule has 9 nitrogen and oxygen atoms in total. The number of nitrogens with zero attached hydrogens (tertiary/aromatic N) is 3. The highest BCUT2D eigenvalue weighted by atomic mass is 32.2. The molecule has 3 aromatic carbocycles. The zero-order valence-corrected chi connectivity index (χ0v) is 23.2. The second-order valence-electron chi connectivity index (χ2n) is 8.80. The summed E-state index contributed by atoms with van der Waals surface area (Å²) < 4.78 is 27.6. The van der Waals surface area contributed by atoms with E-state index >= 15 is 0 Å². The Balaban J connectivity index is 1.19. The number of nitrogens with one attached hydrogen (secondary N) is 3. The summed E-state index contributed by atoms with van der Waals surface area (Å²) >= 11 is 1.46. The van der Waals surface area contributed by atoms with Crippen molar-refractivity contribution >= 4 is 39.3 Å². The molecule has 202 valence electrons. The Kier molecular flexibility index (Phi) is 8.23. The van der Waals surface area contributed by atoms with Crippen LogP contribution in [0.4, 0.5) is 11.6 Å². The van der Waals surface area contributed by atoms with Crippen LogP contribution in [0, 0.1) is 6.92 Å². The third-order valence-corrected chi connectivity index (χ3v) is 8.05. The van der Waals surface area contributed by atoms with E-state index in [0.717, 1.165) is 27.7 Å². The van der Waals surface area contributed by atoms with Gasteiger partial charge in [0.05, 0.1) is 16.3 Å². The van der Waals surface area contributed by atoms with Gasteiger partial charge in [0.15, 0.2) is 5.16 Å². The van der Waals surface area contributed by atoms with Crippen molar-refractivity contribution < 1.29 is 13.2 Å². The summed E-state index contributed by atoms with van der Waals surface area (Å²) in [6.45, 7) is 1.74. The molecule has 0 unspecified atom stereocenters. The molecule has 0 radical (unpaired) electrons. The number of aryl methyl sites for hydroxylation is 1. The maximum atomic E-state index is 12.6. The number of hydrogen-bond acceptors (Lipinski definition) is 7. The molecule has 2 aromatic heterocycles. The molecule has 0 atom stereocenters. The molecule has 2 heterocycles. The van der Waals surface area contributed by atoms with Crippen LogP contribution in [0.25, 0.3) is 22.5 Å². The lowest BCUT2D eigenvalue weighted by molar-refractivity contribution is -0.115. The molecule has 0 fully saturated rings. The normalized spacial score (nSPS) is 11.2. The number of aromatic nitrogens is 4. The zero-order chi connectivity index (χ0) is 28.0. The number of benzene rings is 3. The molecule has 5 rings (SSSR count). The van der Waals surface area contributed by atoms with Crippen LogP contribution in [-0.4, -0.2) is 40.0 Å². The SMILES string of the molecule is Cc1ccnc(NS(=O)(=O)c2ccc(NC(=O)CCSc3nc(-c4ccccc4)c(-c4ccccc4)[nH]3)cc2)n1. The number of rotatable bonds is 10. The zero-order valence-electron chi connectivity index (χ0n) is 21.5. The number of imidazole rings is 1. The van der Waals surface area contributed by atoms with E-state index in [4.69, 9.17) is 4.98 Å². The van der Waals surface area contributed by atoms with Crippen LogP contribution in [0.15, 0.2) is 107 Å². The van der Waals surface area contributed by atoms with Crippen LogP contribution in [0.1, 0.15) is 12.1 Å². The van der Waals surface area contributed by atoms with Crippen molar-refractivity contribution in [3.63, 3.8) is 0 Å². The first-order valence-electron chi connectivity index (χ1n) is 12.4. The van der Waals surface area contributed by atoms with Gasteiger partial charge >= 0.3 is 0 Å². The van der Waals surface area contributed by atoms with Crippen molar-refractivity contribution in [3.8, 4) is 22.5 Å². The number of thioether (sulfide) groups is 1. The van der Waals surface area contributed by atoms with Gasteiger partial charge < -0.3 is 10.3 Å². The molecule has 1 amide bonds. The van der Waals surface area contributed by atoms with Gasteiger partial charge in [-0.05, 0) is 37.3 Å². The van der Waals surface area contributed by atoms with Crippen LogP contribution in [0.5, 0.6) is 0 Å². The van der Waals surface area contributed by atoms with E-state index in [1.807, 2.05) is 60.7 Å². The second-order valence-corrected chi connectivity index (χ2v) is 11.6. The fourth-order valence-corrected chi connectivity index (χ4v) is 5.66. The first-order chi connectivity index (χ1) is 19.4. The number of aromatic amines is 1. The van der Waals surface area contributed by atoms with Crippen molar-refractivity contribution in [2.75, 3.05) is 15.8 Å². The predicted octanol–water partition coefficient (Wildman–Crippen LogP) is 5.76. The molecule has 0 spiro atoms. The second kappa shape index (κ2) is 12.1. The number of sulfonamides is 1. The van der Waals surface area contributed by atoms with Crippen molar-refractivity contribution in [1.82, 2.24) is 19.9 Å². The van der Waals surface area contributed by atoms with Gasteiger partial charge in [-0.1, -0.05) is 72.4 Å². The molecule has 0 aliphatic rings. The summed E-state index contributed by atoms with van der Waals surface area (Å²) in [7, 11) is -3.86. The first kappa shape index (κ1) is 27.1. The number of hydrogen-bond donors (Lipinski definition) is 3. The summed E-state index contributed by atoms with van der Waals surface area (Å²) in [5, 5.41) is 3.54. The van der Waals surface area contributed by atoms with Crippen molar-refractivity contribution in [3.05, 3.63) is 103 Å². The van der Waals surface area contributed by atoms with Crippen molar-refractivity contribution in [1.29, 1.82) is 0 Å². The minimum Gasteiger partial charge on any atom is -0.332 e. The third-order valence-electron chi connectivity index (χ3n) is 5.83. The summed E-state index contributed by atoms with van der Waals surface area (Å²) in [4.78, 5) is 28.8. The van der Waals surface area contributed by atoms with E-state index in [9.17, 15) is 13.2 Å². The average Bonchev–Trinajstić information content (AvgIpc) is 3.38. The maximum Gasteiger partial charge on any atom is 0.264 e. The minimum absolute atomic E-state index is 0.00165. The number of carbonyl (C=O) groups is 1. The molecule has 0 saturated carbocycles. The van der Waals surface area contributed by atoms with E-state index in [1.165, 1.54) is 30.1 Å². The van der Waals surface area contributed by atoms with Crippen LogP contribution in [0.3, 0.4) is 0 Å². The van der Waals surface area contributed by atoms with Gasteiger partial charge in [-0.25, -0.2) is 28.1 Å². The molecule has 0 aliphatic heterocycles. The molecular formula is C29H26N6O3S2. The lowest BCUT2D eigenvalue weighted by Crippen LogP contribution is -2.16. The Labute approximate surface area is 236 Å². The van der Waals surface area contributed by atoms with E-state index in [1.54, 1.807) is 25.1 Å². The largest absolute Gasteiger partial charge is 0.332 e. The van der Waals surface area contributed by atoms with E-state index < -0.39 is 10.0 Å². The van der Waals surface area contributed by atoms with Crippen molar-refractivity contribution in [2.45, 2.75) is 23.4 Å². The standard InChI is InChI=1S/C29H26N6O3S2/c1-20-16-18-30-28(31-20)35-40(37,38)24-14-12-23(13-15-24)32-25(36)17-19-39-29-33-26(21-8-4-2-5-9-21)27(34-29)22-10-6-3-7-11-22/h2-16,18H,17,19H2,1H3,(H,32,36)(H,33,34)(H,30,31,35). The minimum atomic E-state index is -3.86. The highest BCUT2D eigenvalue weighted by Gasteiger charge is 2.17. The first-order valence-corrected chi connectivity index (χ1v) is 14.9. The monoisotopic (exact) mass is 570 g/mol. The van der Waals surface area contributed by atoms with Crippen LogP contribution < -0.4 is 10.0 Å². The fraction of sp³-hybridized carbons (Fsp3) is 0.103.